The molecular formula is C20H22N2O3. The fourth-order valence-electron chi connectivity index (χ4n) is 2.62. The highest BCUT2D eigenvalue weighted by atomic mass is 16.6. The van der Waals surface area contributed by atoms with Crippen molar-refractivity contribution < 1.29 is 14.4 Å². The van der Waals surface area contributed by atoms with Gasteiger partial charge in [0.15, 0.2) is 12.7 Å². The Kier molecular flexibility index (Phi) is 5.33. The summed E-state index contributed by atoms with van der Waals surface area (Å²) in [6.07, 6.45) is 0.571. The minimum absolute atomic E-state index is 0.0128. The molecular weight excluding hydrogens is 316 g/mol. The fourth-order valence-corrected chi connectivity index (χ4v) is 2.62. The second-order valence-corrected chi connectivity index (χ2v) is 6.21. The Hall–Kier alpha value is -2.82. The van der Waals surface area contributed by atoms with Gasteiger partial charge in [-0.1, -0.05) is 53.2 Å². The van der Waals surface area contributed by atoms with Crippen molar-refractivity contribution in [2.24, 2.45) is 5.16 Å². The molecule has 130 valence electrons. The first-order valence-corrected chi connectivity index (χ1v) is 8.33. The van der Waals surface area contributed by atoms with Crippen molar-refractivity contribution in [1.29, 1.82) is 0 Å². The van der Waals surface area contributed by atoms with Crippen molar-refractivity contribution >= 4 is 11.6 Å². The molecule has 1 unspecified atom stereocenters. The number of rotatable bonds is 6. The van der Waals surface area contributed by atoms with Crippen LogP contribution < -0.4 is 4.74 Å². The number of oxime groups is 1. The zero-order valence-electron chi connectivity index (χ0n) is 14.5. The van der Waals surface area contributed by atoms with Crippen molar-refractivity contribution in [2.75, 3.05) is 20.2 Å². The van der Waals surface area contributed by atoms with E-state index in [1.807, 2.05) is 42.5 Å². The molecule has 0 saturated carbocycles. The van der Waals surface area contributed by atoms with E-state index in [0.717, 1.165) is 11.3 Å². The molecule has 0 fully saturated rings. The van der Waals surface area contributed by atoms with E-state index in [9.17, 15) is 4.79 Å². The Morgan fingerprint density at radius 2 is 1.92 bits per heavy atom. The van der Waals surface area contributed by atoms with Crippen LogP contribution in [-0.2, 0) is 9.63 Å². The molecule has 0 aromatic heterocycles. The van der Waals surface area contributed by atoms with Crippen molar-refractivity contribution in [3.8, 4) is 5.75 Å². The van der Waals surface area contributed by atoms with Crippen LogP contribution in [0.5, 0.6) is 5.75 Å². The normalized spacial score (nSPS) is 16.1. The van der Waals surface area contributed by atoms with Crippen molar-refractivity contribution in [1.82, 2.24) is 4.90 Å². The summed E-state index contributed by atoms with van der Waals surface area (Å²) in [5.74, 6) is 0.600. The second-order valence-electron chi connectivity index (χ2n) is 6.21. The second kappa shape index (κ2) is 7.83. The Bertz CT molecular complexity index is 741. The minimum Gasteiger partial charge on any atom is -0.484 e. The first-order valence-electron chi connectivity index (χ1n) is 8.33. The monoisotopic (exact) mass is 338 g/mol. The summed E-state index contributed by atoms with van der Waals surface area (Å²) in [7, 11) is 1.75. The smallest absolute Gasteiger partial charge is 0.260 e. The predicted molar refractivity (Wildman–Crippen MR) is 96.8 cm³/mol. The van der Waals surface area contributed by atoms with E-state index >= 15 is 0 Å². The van der Waals surface area contributed by atoms with Crippen molar-refractivity contribution in [2.45, 2.75) is 19.4 Å². The van der Waals surface area contributed by atoms with E-state index in [4.69, 9.17) is 9.57 Å². The standard InChI is InChI=1S/C20H22N2O3/c1-15-8-10-16(11-9-15)19-12-18(25-21-19)13-22(2)20(23)14-24-17-6-4-3-5-7-17/h3-11,18H,12-14H2,1-2H3. The topological polar surface area (TPSA) is 51.1 Å². The molecule has 3 rings (SSSR count). The van der Waals surface area contributed by atoms with E-state index in [1.165, 1.54) is 5.56 Å². The number of amides is 1. The third-order valence-corrected chi connectivity index (χ3v) is 4.13. The number of hydrogen-bond acceptors (Lipinski definition) is 4. The summed E-state index contributed by atoms with van der Waals surface area (Å²) < 4.78 is 5.49. The first-order chi connectivity index (χ1) is 12.1. The molecule has 25 heavy (non-hydrogen) atoms. The molecule has 2 aromatic carbocycles. The lowest BCUT2D eigenvalue weighted by Crippen LogP contribution is -2.37. The Balaban J connectivity index is 1.46. The maximum absolute atomic E-state index is 12.2. The van der Waals surface area contributed by atoms with E-state index in [1.54, 1.807) is 11.9 Å². The van der Waals surface area contributed by atoms with Gasteiger partial charge in [-0.05, 0) is 24.6 Å². The molecule has 5 heteroatoms. The van der Waals surface area contributed by atoms with Gasteiger partial charge >= 0.3 is 0 Å². The Morgan fingerprint density at radius 1 is 1.20 bits per heavy atom. The van der Waals surface area contributed by atoms with Gasteiger partial charge in [-0.25, -0.2) is 0 Å². The van der Waals surface area contributed by atoms with Crippen LogP contribution in [0.1, 0.15) is 17.5 Å². The van der Waals surface area contributed by atoms with E-state index in [2.05, 4.69) is 24.2 Å². The molecule has 1 heterocycles. The number of hydrogen-bond donors (Lipinski definition) is 0. The van der Waals surface area contributed by atoms with Crippen LogP contribution in [0.15, 0.2) is 59.8 Å². The number of aryl methyl sites for hydroxylation is 1. The van der Waals surface area contributed by atoms with Crippen molar-refractivity contribution in [3.63, 3.8) is 0 Å². The summed E-state index contributed by atoms with van der Waals surface area (Å²) in [6, 6.07) is 17.5. The highest BCUT2D eigenvalue weighted by Gasteiger charge is 2.25. The van der Waals surface area contributed by atoms with E-state index < -0.39 is 0 Å². The van der Waals surface area contributed by atoms with Gasteiger partial charge in [0.2, 0.25) is 0 Å². The zero-order chi connectivity index (χ0) is 17.6. The quantitative estimate of drug-likeness (QED) is 0.813. The molecule has 1 amide bonds. The van der Waals surface area contributed by atoms with Gasteiger partial charge in [-0.3, -0.25) is 4.79 Å². The van der Waals surface area contributed by atoms with E-state index in [0.29, 0.717) is 18.7 Å². The third kappa shape index (κ3) is 4.59. The number of likely N-dealkylation sites (N-methyl/N-ethyl adjacent to an activating group) is 1. The van der Waals surface area contributed by atoms with Crippen LogP contribution in [-0.4, -0.2) is 42.8 Å². The molecule has 5 nitrogen and oxygen atoms in total. The van der Waals surface area contributed by atoms with E-state index in [-0.39, 0.29) is 18.6 Å². The highest BCUT2D eigenvalue weighted by molar-refractivity contribution is 6.01. The molecule has 2 aromatic rings. The number of nitrogens with zero attached hydrogens (tertiary/aromatic N) is 2. The summed E-state index contributed by atoms with van der Waals surface area (Å²) >= 11 is 0. The highest BCUT2D eigenvalue weighted by Crippen LogP contribution is 2.18. The number of carbonyl (C=O) groups excluding carboxylic acids is 1. The van der Waals surface area contributed by atoms with Gasteiger partial charge in [0, 0.05) is 13.5 Å². The third-order valence-electron chi connectivity index (χ3n) is 4.13. The molecule has 1 aliphatic rings. The first kappa shape index (κ1) is 17.0. The summed E-state index contributed by atoms with van der Waals surface area (Å²) in [4.78, 5) is 19.3. The van der Waals surface area contributed by atoms with Gasteiger partial charge in [0.25, 0.3) is 5.91 Å². The lowest BCUT2D eigenvalue weighted by atomic mass is 10.0. The Labute approximate surface area is 147 Å². The average molecular weight is 338 g/mol. The maximum atomic E-state index is 12.2. The van der Waals surface area contributed by atoms with Crippen LogP contribution in [0.4, 0.5) is 0 Å². The van der Waals surface area contributed by atoms with Crippen LogP contribution in [0.3, 0.4) is 0 Å². The van der Waals surface area contributed by atoms with Crippen molar-refractivity contribution in [3.05, 3.63) is 65.7 Å². The molecule has 0 aliphatic carbocycles. The van der Waals surface area contributed by atoms with Gasteiger partial charge in [-0.2, -0.15) is 0 Å². The maximum Gasteiger partial charge on any atom is 0.260 e. The number of ether oxygens (including phenoxy) is 1. The largest absolute Gasteiger partial charge is 0.484 e. The fraction of sp³-hybridized carbons (Fsp3) is 0.300. The van der Waals surface area contributed by atoms with Crippen LogP contribution in [0.25, 0.3) is 0 Å². The Morgan fingerprint density at radius 3 is 2.64 bits per heavy atom. The number of para-hydroxylation sites is 1. The SMILES string of the molecule is Cc1ccc(C2=NOC(CN(C)C(=O)COc3ccccc3)C2)cc1. The van der Waals surface area contributed by atoms with Gasteiger partial charge in [-0.15, -0.1) is 0 Å². The molecule has 1 atom stereocenters. The number of carbonyl (C=O) groups is 1. The molecule has 1 aliphatic heterocycles. The summed E-state index contributed by atoms with van der Waals surface area (Å²) in [6.45, 7) is 2.55. The minimum atomic E-state index is -0.123. The van der Waals surface area contributed by atoms with Gasteiger partial charge < -0.3 is 14.5 Å². The lowest BCUT2D eigenvalue weighted by molar-refractivity contribution is -0.133. The summed E-state index contributed by atoms with van der Waals surface area (Å²) in [5, 5.41) is 4.17. The van der Waals surface area contributed by atoms with Crippen LogP contribution >= 0.6 is 0 Å². The zero-order valence-corrected chi connectivity index (χ0v) is 14.5. The summed E-state index contributed by atoms with van der Waals surface area (Å²) in [5.41, 5.74) is 3.20. The molecule has 0 saturated heterocycles. The molecule has 0 bridgehead atoms. The van der Waals surface area contributed by atoms with Crippen LogP contribution in [0, 0.1) is 6.92 Å². The predicted octanol–water partition coefficient (Wildman–Crippen LogP) is 3.03. The van der Waals surface area contributed by atoms with Crippen LogP contribution in [0.2, 0.25) is 0 Å². The molecule has 0 spiro atoms. The lowest BCUT2D eigenvalue weighted by Gasteiger charge is -2.20. The van der Waals surface area contributed by atoms with Gasteiger partial charge in [0.05, 0.1) is 12.3 Å². The number of benzene rings is 2. The molecule has 0 N–H and O–H groups in total. The van der Waals surface area contributed by atoms with Gasteiger partial charge in [0.1, 0.15) is 5.75 Å². The average Bonchev–Trinajstić information content (AvgIpc) is 3.09. The molecule has 0 radical (unpaired) electrons.